The van der Waals surface area contributed by atoms with Gasteiger partial charge in [0.15, 0.2) is 0 Å². The van der Waals surface area contributed by atoms with E-state index in [9.17, 15) is 4.79 Å². The van der Waals surface area contributed by atoms with Crippen LogP contribution in [0.5, 0.6) is 5.75 Å². The van der Waals surface area contributed by atoms with Crippen molar-refractivity contribution in [3.63, 3.8) is 0 Å². The van der Waals surface area contributed by atoms with E-state index in [-0.39, 0.29) is 6.04 Å². The summed E-state index contributed by atoms with van der Waals surface area (Å²) >= 11 is 6.01. The average Bonchev–Trinajstić information content (AvgIpc) is 2.90. The van der Waals surface area contributed by atoms with Crippen LogP contribution in [0.25, 0.3) is 0 Å². The van der Waals surface area contributed by atoms with Gasteiger partial charge in [0.25, 0.3) is 0 Å². The maximum absolute atomic E-state index is 11.5. The molecule has 3 rings (SSSR count). The van der Waals surface area contributed by atoms with Crippen LogP contribution in [0, 0.1) is 0 Å². The standard InChI is InChI=1S/C15H14ClN3O3/c1-2-21-14(20)9-6-17-15(18-7-9)19-12-8-22-13-4-3-10(16)5-11(12)13/h3-7,12H,2,8H2,1H3,(H,17,18,19)/t12-/m1/s1. The summed E-state index contributed by atoms with van der Waals surface area (Å²) in [4.78, 5) is 19.8. The molecule has 1 aromatic heterocycles. The highest BCUT2D eigenvalue weighted by Gasteiger charge is 2.25. The van der Waals surface area contributed by atoms with Crippen molar-refractivity contribution in [2.45, 2.75) is 13.0 Å². The highest BCUT2D eigenvalue weighted by atomic mass is 35.5. The molecule has 0 amide bonds. The van der Waals surface area contributed by atoms with Crippen LogP contribution in [0.3, 0.4) is 0 Å². The van der Waals surface area contributed by atoms with Crippen LogP contribution in [0.2, 0.25) is 5.02 Å². The third-order valence-electron chi connectivity index (χ3n) is 3.22. The molecule has 6 nitrogen and oxygen atoms in total. The predicted octanol–water partition coefficient (Wildman–Crippen LogP) is 2.85. The van der Waals surface area contributed by atoms with Crippen LogP contribution >= 0.6 is 11.6 Å². The van der Waals surface area contributed by atoms with Gasteiger partial charge in [0.1, 0.15) is 12.4 Å². The topological polar surface area (TPSA) is 73.3 Å². The van der Waals surface area contributed by atoms with E-state index in [2.05, 4.69) is 15.3 Å². The minimum atomic E-state index is -0.435. The Balaban J connectivity index is 1.73. The summed E-state index contributed by atoms with van der Waals surface area (Å²) in [6.45, 7) is 2.53. The number of esters is 1. The van der Waals surface area contributed by atoms with Gasteiger partial charge in [-0.25, -0.2) is 14.8 Å². The number of aromatic nitrogens is 2. The molecule has 1 aliphatic rings. The van der Waals surface area contributed by atoms with Crippen molar-refractivity contribution in [3.05, 3.63) is 46.7 Å². The van der Waals surface area contributed by atoms with Crippen LogP contribution in [0.1, 0.15) is 28.9 Å². The molecule has 0 spiro atoms. The number of hydrogen-bond donors (Lipinski definition) is 1. The molecule has 7 heteroatoms. The molecule has 0 saturated carbocycles. The average molecular weight is 320 g/mol. The zero-order chi connectivity index (χ0) is 15.5. The van der Waals surface area contributed by atoms with Crippen LogP contribution in [0.15, 0.2) is 30.6 Å². The van der Waals surface area contributed by atoms with Gasteiger partial charge in [0.05, 0.1) is 18.2 Å². The Bertz CT molecular complexity index is 691. The minimum Gasteiger partial charge on any atom is -0.491 e. The lowest BCUT2D eigenvalue weighted by molar-refractivity contribution is 0.0525. The second-order valence-electron chi connectivity index (χ2n) is 4.71. The van der Waals surface area contributed by atoms with Crippen molar-refractivity contribution in [1.82, 2.24) is 9.97 Å². The maximum Gasteiger partial charge on any atom is 0.341 e. The third kappa shape index (κ3) is 2.96. The lowest BCUT2D eigenvalue weighted by Crippen LogP contribution is -2.14. The van der Waals surface area contributed by atoms with E-state index in [1.165, 1.54) is 12.4 Å². The van der Waals surface area contributed by atoms with E-state index >= 15 is 0 Å². The number of hydrogen-bond acceptors (Lipinski definition) is 6. The van der Waals surface area contributed by atoms with Gasteiger partial charge in [0, 0.05) is 23.0 Å². The fraction of sp³-hybridized carbons (Fsp3) is 0.267. The molecular weight excluding hydrogens is 306 g/mol. The molecule has 2 aromatic rings. The largest absolute Gasteiger partial charge is 0.491 e. The van der Waals surface area contributed by atoms with E-state index in [0.29, 0.717) is 29.7 Å². The lowest BCUT2D eigenvalue weighted by Gasteiger charge is -2.11. The van der Waals surface area contributed by atoms with E-state index in [1.807, 2.05) is 12.1 Å². The second-order valence-corrected chi connectivity index (χ2v) is 5.14. The first-order chi connectivity index (χ1) is 10.7. The first-order valence-electron chi connectivity index (χ1n) is 6.85. The van der Waals surface area contributed by atoms with Gasteiger partial charge in [0.2, 0.25) is 5.95 Å². The van der Waals surface area contributed by atoms with Crippen LogP contribution < -0.4 is 10.1 Å². The van der Waals surface area contributed by atoms with Crippen molar-refractivity contribution >= 4 is 23.5 Å². The summed E-state index contributed by atoms with van der Waals surface area (Å²) in [6, 6.07) is 5.40. The molecule has 1 N–H and O–H groups in total. The summed E-state index contributed by atoms with van der Waals surface area (Å²) in [5.74, 6) is 0.773. The number of nitrogens with one attached hydrogen (secondary N) is 1. The number of carbonyl (C=O) groups excluding carboxylic acids is 1. The minimum absolute atomic E-state index is 0.0813. The smallest absolute Gasteiger partial charge is 0.341 e. The summed E-state index contributed by atoms with van der Waals surface area (Å²) < 4.78 is 10.5. The molecule has 0 bridgehead atoms. The second kappa shape index (κ2) is 6.19. The van der Waals surface area contributed by atoms with Gasteiger partial charge >= 0.3 is 5.97 Å². The van der Waals surface area contributed by atoms with Gasteiger partial charge in [-0.15, -0.1) is 0 Å². The van der Waals surface area contributed by atoms with Gasteiger partial charge in [-0.2, -0.15) is 0 Å². The molecule has 1 aromatic carbocycles. The highest BCUT2D eigenvalue weighted by Crippen LogP contribution is 2.35. The quantitative estimate of drug-likeness (QED) is 0.874. The number of rotatable bonds is 4. The molecule has 1 aliphatic heterocycles. The molecule has 1 atom stereocenters. The van der Waals surface area contributed by atoms with Crippen molar-refractivity contribution in [2.24, 2.45) is 0 Å². The van der Waals surface area contributed by atoms with E-state index in [4.69, 9.17) is 21.1 Å². The molecule has 0 fully saturated rings. The molecule has 0 unspecified atom stereocenters. The van der Waals surface area contributed by atoms with E-state index in [0.717, 1.165) is 11.3 Å². The normalized spacial score (nSPS) is 15.8. The van der Waals surface area contributed by atoms with Gasteiger partial charge < -0.3 is 14.8 Å². The fourth-order valence-corrected chi connectivity index (χ4v) is 2.36. The predicted molar refractivity (Wildman–Crippen MR) is 81.3 cm³/mol. The maximum atomic E-state index is 11.5. The Morgan fingerprint density at radius 1 is 1.45 bits per heavy atom. The van der Waals surface area contributed by atoms with E-state index in [1.54, 1.807) is 13.0 Å². The van der Waals surface area contributed by atoms with E-state index < -0.39 is 5.97 Å². The van der Waals surface area contributed by atoms with Crippen molar-refractivity contribution in [3.8, 4) is 5.75 Å². The number of halogens is 1. The third-order valence-corrected chi connectivity index (χ3v) is 3.45. The van der Waals surface area contributed by atoms with Crippen molar-refractivity contribution in [2.75, 3.05) is 18.5 Å². The molecule has 0 saturated heterocycles. The Labute approximate surface area is 132 Å². The van der Waals surface area contributed by atoms with Crippen LogP contribution in [-0.2, 0) is 4.74 Å². The fourth-order valence-electron chi connectivity index (χ4n) is 2.18. The molecule has 114 valence electrons. The van der Waals surface area contributed by atoms with Gasteiger partial charge in [-0.3, -0.25) is 0 Å². The lowest BCUT2D eigenvalue weighted by atomic mass is 10.1. The molecule has 2 heterocycles. The van der Waals surface area contributed by atoms with Crippen molar-refractivity contribution < 1.29 is 14.3 Å². The SMILES string of the molecule is CCOC(=O)c1cnc(N[C@@H]2COc3ccc(Cl)cc32)nc1. The number of carbonyl (C=O) groups is 1. The summed E-state index contributed by atoms with van der Waals surface area (Å²) in [5, 5.41) is 3.81. The number of fused-ring (bicyclic) bond motifs is 1. The number of benzene rings is 1. The first-order valence-corrected chi connectivity index (χ1v) is 7.23. The Hall–Kier alpha value is -2.34. The Morgan fingerprint density at radius 3 is 2.95 bits per heavy atom. The molecule has 0 aliphatic carbocycles. The van der Waals surface area contributed by atoms with Crippen LogP contribution in [-0.4, -0.2) is 29.2 Å². The Morgan fingerprint density at radius 2 is 2.23 bits per heavy atom. The molecular formula is C15H14ClN3O3. The van der Waals surface area contributed by atoms with Crippen molar-refractivity contribution in [1.29, 1.82) is 0 Å². The monoisotopic (exact) mass is 319 g/mol. The summed E-state index contributed by atoms with van der Waals surface area (Å²) in [6.07, 6.45) is 2.87. The van der Waals surface area contributed by atoms with Gasteiger partial charge in [-0.05, 0) is 25.1 Å². The first kappa shape index (κ1) is 14.6. The number of anilines is 1. The number of ether oxygens (including phenoxy) is 2. The molecule has 22 heavy (non-hydrogen) atoms. The number of nitrogens with zero attached hydrogens (tertiary/aromatic N) is 2. The molecule has 0 radical (unpaired) electrons. The summed E-state index contributed by atoms with van der Waals surface area (Å²) in [7, 11) is 0. The zero-order valence-corrected chi connectivity index (χ0v) is 12.6. The highest BCUT2D eigenvalue weighted by molar-refractivity contribution is 6.30. The van der Waals surface area contributed by atoms with Gasteiger partial charge in [-0.1, -0.05) is 11.6 Å². The zero-order valence-electron chi connectivity index (χ0n) is 11.9. The van der Waals surface area contributed by atoms with Crippen LogP contribution in [0.4, 0.5) is 5.95 Å². The Kier molecular flexibility index (Phi) is 4.11. The summed E-state index contributed by atoms with van der Waals surface area (Å²) in [5.41, 5.74) is 1.28.